The van der Waals surface area contributed by atoms with Crippen LogP contribution in [0.4, 0.5) is 5.69 Å². The van der Waals surface area contributed by atoms with Crippen molar-refractivity contribution in [2.45, 2.75) is 13.3 Å². The lowest BCUT2D eigenvalue weighted by atomic mass is 10.2. The molecule has 1 aromatic heterocycles. The molecule has 86 valence electrons. The Hall–Kier alpha value is -2.18. The molecular formula is C9H10N2O5. The lowest BCUT2D eigenvalue weighted by Gasteiger charge is -2.01. The molecule has 0 fully saturated rings. The maximum Gasteiger partial charge on any atom is 0.311 e. The van der Waals surface area contributed by atoms with Crippen LogP contribution in [0.15, 0.2) is 16.9 Å². The number of hydrogen-bond acceptors (Lipinski definition) is 5. The summed E-state index contributed by atoms with van der Waals surface area (Å²) in [7, 11) is 0. The predicted molar refractivity (Wildman–Crippen MR) is 54.1 cm³/mol. The molecule has 0 radical (unpaired) electrons. The fourth-order valence-electron chi connectivity index (χ4n) is 1.15. The van der Waals surface area contributed by atoms with E-state index < -0.39 is 16.5 Å². The van der Waals surface area contributed by atoms with Gasteiger partial charge in [0.2, 0.25) is 0 Å². The van der Waals surface area contributed by atoms with Crippen molar-refractivity contribution in [2.75, 3.05) is 6.61 Å². The molecule has 0 saturated carbocycles. The molecule has 0 spiro atoms. The van der Waals surface area contributed by atoms with Gasteiger partial charge in [-0.25, -0.2) is 0 Å². The lowest BCUT2D eigenvalue weighted by Crippen LogP contribution is -2.14. The molecule has 1 heterocycles. The van der Waals surface area contributed by atoms with Gasteiger partial charge in [-0.05, 0) is 6.92 Å². The second kappa shape index (κ2) is 5.06. The smallest absolute Gasteiger partial charge is 0.311 e. The number of aromatic amines is 1. The van der Waals surface area contributed by atoms with Gasteiger partial charge in [0.1, 0.15) is 0 Å². The summed E-state index contributed by atoms with van der Waals surface area (Å²) in [5.74, 6) is -0.543. The van der Waals surface area contributed by atoms with Crippen LogP contribution in [0.1, 0.15) is 12.6 Å². The van der Waals surface area contributed by atoms with Crippen LogP contribution in [0, 0.1) is 10.1 Å². The standard InChI is InChI=1S/C9H10N2O5/c1-2-16-9(13)4-6-3-7(11(14)15)5-8(12)10-6/h3,5H,2,4H2,1H3,(H,10,12). The van der Waals surface area contributed by atoms with Crippen molar-refractivity contribution in [2.24, 2.45) is 0 Å². The van der Waals surface area contributed by atoms with E-state index in [-0.39, 0.29) is 24.4 Å². The number of nitro groups is 1. The van der Waals surface area contributed by atoms with E-state index in [1.54, 1.807) is 6.92 Å². The molecule has 0 unspecified atom stereocenters. The number of esters is 1. The Morgan fingerprint density at radius 2 is 2.25 bits per heavy atom. The van der Waals surface area contributed by atoms with Crippen LogP contribution in [0.2, 0.25) is 0 Å². The number of H-pyrrole nitrogens is 1. The molecule has 0 aliphatic carbocycles. The molecule has 0 atom stereocenters. The minimum Gasteiger partial charge on any atom is -0.466 e. The summed E-state index contributed by atoms with van der Waals surface area (Å²) in [6, 6.07) is 1.99. The molecule has 0 aliphatic rings. The van der Waals surface area contributed by atoms with Gasteiger partial charge in [0.15, 0.2) is 0 Å². The molecule has 7 nitrogen and oxygen atoms in total. The largest absolute Gasteiger partial charge is 0.466 e. The molecule has 0 bridgehead atoms. The van der Waals surface area contributed by atoms with E-state index in [4.69, 9.17) is 0 Å². The van der Waals surface area contributed by atoms with Crippen LogP contribution in [0.3, 0.4) is 0 Å². The summed E-state index contributed by atoms with van der Waals surface area (Å²) >= 11 is 0. The third-order valence-electron chi connectivity index (χ3n) is 1.74. The van der Waals surface area contributed by atoms with Crippen molar-refractivity contribution in [3.8, 4) is 0 Å². The van der Waals surface area contributed by atoms with E-state index in [1.165, 1.54) is 0 Å². The van der Waals surface area contributed by atoms with Gasteiger partial charge in [0, 0.05) is 11.8 Å². The Morgan fingerprint density at radius 1 is 1.56 bits per heavy atom. The maximum absolute atomic E-state index is 11.1. The summed E-state index contributed by atoms with van der Waals surface area (Å²) in [5.41, 5.74) is -0.797. The average molecular weight is 226 g/mol. The summed E-state index contributed by atoms with van der Waals surface area (Å²) in [4.78, 5) is 34.2. The second-order valence-electron chi connectivity index (χ2n) is 2.97. The molecule has 1 rings (SSSR count). The third kappa shape index (κ3) is 3.19. The summed E-state index contributed by atoms with van der Waals surface area (Å²) < 4.78 is 4.66. The topological polar surface area (TPSA) is 102 Å². The number of aromatic nitrogens is 1. The van der Waals surface area contributed by atoms with Gasteiger partial charge in [0.05, 0.1) is 24.0 Å². The average Bonchev–Trinajstić information content (AvgIpc) is 2.16. The first-order valence-electron chi connectivity index (χ1n) is 4.56. The summed E-state index contributed by atoms with van der Waals surface area (Å²) in [5, 5.41) is 10.5. The van der Waals surface area contributed by atoms with Crippen molar-refractivity contribution in [1.82, 2.24) is 4.98 Å². The van der Waals surface area contributed by atoms with Crippen molar-refractivity contribution in [3.63, 3.8) is 0 Å². The van der Waals surface area contributed by atoms with E-state index in [0.717, 1.165) is 12.1 Å². The minimum atomic E-state index is -0.691. The first-order chi connectivity index (χ1) is 7.52. The number of nitrogens with zero attached hydrogens (tertiary/aromatic N) is 1. The van der Waals surface area contributed by atoms with Crippen LogP contribution in [0.25, 0.3) is 0 Å². The first kappa shape index (κ1) is 11.9. The highest BCUT2D eigenvalue weighted by Crippen LogP contribution is 2.08. The number of carbonyl (C=O) groups excluding carboxylic acids is 1. The van der Waals surface area contributed by atoms with Gasteiger partial charge in [-0.3, -0.25) is 19.7 Å². The highest BCUT2D eigenvalue weighted by molar-refractivity contribution is 5.72. The number of carbonyl (C=O) groups is 1. The molecule has 0 aliphatic heterocycles. The highest BCUT2D eigenvalue weighted by atomic mass is 16.6. The Kier molecular flexibility index (Phi) is 3.76. The monoisotopic (exact) mass is 226 g/mol. The Bertz CT molecular complexity index is 465. The fraction of sp³-hybridized carbons (Fsp3) is 0.333. The van der Waals surface area contributed by atoms with E-state index in [2.05, 4.69) is 9.72 Å². The van der Waals surface area contributed by atoms with E-state index >= 15 is 0 Å². The van der Waals surface area contributed by atoms with Crippen molar-refractivity contribution in [1.29, 1.82) is 0 Å². The van der Waals surface area contributed by atoms with Gasteiger partial charge >= 0.3 is 5.97 Å². The molecule has 1 N–H and O–H groups in total. The van der Waals surface area contributed by atoms with Gasteiger partial charge in [-0.2, -0.15) is 0 Å². The van der Waals surface area contributed by atoms with Gasteiger partial charge < -0.3 is 9.72 Å². The zero-order chi connectivity index (χ0) is 12.1. The van der Waals surface area contributed by atoms with Gasteiger partial charge in [-0.1, -0.05) is 0 Å². The van der Waals surface area contributed by atoms with Crippen LogP contribution >= 0.6 is 0 Å². The second-order valence-corrected chi connectivity index (χ2v) is 2.97. The molecule has 0 amide bonds. The lowest BCUT2D eigenvalue weighted by molar-refractivity contribution is -0.385. The maximum atomic E-state index is 11.1. The number of ether oxygens (including phenoxy) is 1. The number of rotatable bonds is 4. The quantitative estimate of drug-likeness (QED) is 0.454. The van der Waals surface area contributed by atoms with Crippen molar-refractivity contribution in [3.05, 3.63) is 38.3 Å². The zero-order valence-corrected chi connectivity index (χ0v) is 8.56. The fourth-order valence-corrected chi connectivity index (χ4v) is 1.15. The first-order valence-corrected chi connectivity index (χ1v) is 4.56. The Labute approximate surface area is 90.2 Å². The normalized spacial score (nSPS) is 9.81. The SMILES string of the molecule is CCOC(=O)Cc1cc([N+](=O)[O-])cc(=O)[nH]1. The molecule has 7 heteroatoms. The third-order valence-corrected chi connectivity index (χ3v) is 1.74. The molecular weight excluding hydrogens is 216 g/mol. The van der Waals surface area contributed by atoms with Gasteiger partial charge in [-0.15, -0.1) is 0 Å². The van der Waals surface area contributed by atoms with E-state index in [0.29, 0.717) is 0 Å². The number of hydrogen-bond donors (Lipinski definition) is 1. The summed E-state index contributed by atoms with van der Waals surface area (Å²) in [6.07, 6.45) is -0.190. The minimum absolute atomic E-state index is 0.164. The molecule has 1 aromatic rings. The molecule has 0 saturated heterocycles. The number of pyridine rings is 1. The van der Waals surface area contributed by atoms with E-state index in [1.807, 2.05) is 0 Å². The predicted octanol–water partition coefficient (Wildman–Crippen LogP) is 0.389. The van der Waals surface area contributed by atoms with Crippen LogP contribution in [-0.2, 0) is 16.0 Å². The highest BCUT2D eigenvalue weighted by Gasteiger charge is 2.11. The molecule has 0 aromatic carbocycles. The van der Waals surface area contributed by atoms with Crippen molar-refractivity contribution >= 4 is 11.7 Å². The number of nitrogens with one attached hydrogen (secondary N) is 1. The Morgan fingerprint density at radius 3 is 2.81 bits per heavy atom. The molecule has 16 heavy (non-hydrogen) atoms. The summed E-state index contributed by atoms with van der Waals surface area (Å²) in [6.45, 7) is 1.87. The van der Waals surface area contributed by atoms with Crippen LogP contribution in [-0.4, -0.2) is 22.5 Å². The van der Waals surface area contributed by atoms with Crippen LogP contribution < -0.4 is 5.56 Å². The zero-order valence-electron chi connectivity index (χ0n) is 8.56. The van der Waals surface area contributed by atoms with Crippen molar-refractivity contribution < 1.29 is 14.5 Å². The van der Waals surface area contributed by atoms with Crippen LogP contribution in [0.5, 0.6) is 0 Å². The van der Waals surface area contributed by atoms with E-state index in [9.17, 15) is 19.7 Å². The van der Waals surface area contributed by atoms with Gasteiger partial charge in [0.25, 0.3) is 11.2 Å². The Balaban J connectivity index is 2.93.